The van der Waals surface area contributed by atoms with E-state index in [1.807, 2.05) is 0 Å². The maximum atomic E-state index is 8.39. The van der Waals surface area contributed by atoms with Crippen LogP contribution in [-0.4, -0.2) is 48.2 Å². The summed E-state index contributed by atoms with van der Waals surface area (Å²) in [6, 6.07) is 0.677. The molecule has 1 aliphatic rings. The molecule has 106 valence electrons. The molecule has 5 heteroatoms. The van der Waals surface area contributed by atoms with Crippen LogP contribution in [0.15, 0.2) is 5.16 Å². The number of rotatable bonds is 8. The van der Waals surface area contributed by atoms with Crippen molar-refractivity contribution < 1.29 is 5.21 Å². The third-order valence-electron chi connectivity index (χ3n) is 3.65. The Morgan fingerprint density at radius 3 is 2.89 bits per heavy atom. The van der Waals surface area contributed by atoms with E-state index in [0.29, 0.717) is 18.3 Å². The maximum Gasteiger partial charge on any atom is 0.139 e. The highest BCUT2D eigenvalue weighted by Gasteiger charge is 2.23. The summed E-state index contributed by atoms with van der Waals surface area (Å²) in [5.41, 5.74) is 5.40. The van der Waals surface area contributed by atoms with Crippen LogP contribution in [0.2, 0.25) is 0 Å². The fourth-order valence-corrected chi connectivity index (χ4v) is 2.41. The molecule has 1 fully saturated rings. The summed E-state index contributed by atoms with van der Waals surface area (Å²) in [6.45, 7) is 9.15. The van der Waals surface area contributed by atoms with Crippen LogP contribution in [0.25, 0.3) is 0 Å². The molecule has 0 saturated carbocycles. The van der Waals surface area contributed by atoms with E-state index in [1.165, 1.54) is 19.5 Å². The van der Waals surface area contributed by atoms with Crippen molar-refractivity contribution in [2.45, 2.75) is 45.6 Å². The van der Waals surface area contributed by atoms with Gasteiger partial charge in [-0.15, -0.1) is 0 Å². The highest BCUT2D eigenvalue weighted by Crippen LogP contribution is 2.17. The van der Waals surface area contributed by atoms with Crippen LogP contribution in [0, 0.1) is 5.92 Å². The molecule has 18 heavy (non-hydrogen) atoms. The molecular formula is C13H28N4O. The van der Waals surface area contributed by atoms with Gasteiger partial charge < -0.3 is 21.2 Å². The maximum absolute atomic E-state index is 8.39. The highest BCUT2D eigenvalue weighted by atomic mass is 16.4. The lowest BCUT2D eigenvalue weighted by Crippen LogP contribution is -2.31. The summed E-state index contributed by atoms with van der Waals surface area (Å²) in [6.07, 6.45) is 4.06. The number of oxime groups is 1. The number of likely N-dealkylation sites (tertiary alicyclic amines) is 1. The first-order chi connectivity index (χ1) is 8.63. The van der Waals surface area contributed by atoms with E-state index < -0.39 is 0 Å². The van der Waals surface area contributed by atoms with Gasteiger partial charge >= 0.3 is 0 Å². The van der Waals surface area contributed by atoms with Gasteiger partial charge in [0.25, 0.3) is 0 Å². The first-order valence-corrected chi connectivity index (χ1v) is 7.04. The summed E-state index contributed by atoms with van der Waals surface area (Å²) >= 11 is 0. The fourth-order valence-electron chi connectivity index (χ4n) is 2.41. The molecule has 1 aliphatic heterocycles. The number of hydrogen-bond donors (Lipinski definition) is 3. The van der Waals surface area contributed by atoms with Gasteiger partial charge in [-0.2, -0.15) is 0 Å². The van der Waals surface area contributed by atoms with Crippen LogP contribution in [-0.2, 0) is 0 Å². The molecule has 0 aromatic rings. The van der Waals surface area contributed by atoms with Crippen molar-refractivity contribution >= 4 is 5.84 Å². The van der Waals surface area contributed by atoms with Crippen molar-refractivity contribution in [1.82, 2.24) is 10.2 Å². The second-order valence-electron chi connectivity index (χ2n) is 5.50. The minimum Gasteiger partial charge on any atom is -0.409 e. The largest absolute Gasteiger partial charge is 0.409 e. The predicted molar refractivity (Wildman–Crippen MR) is 74.9 cm³/mol. The standard InChI is InChI=1S/C13H28N4O/c1-11(2)17-8-6-12(10-17)9-15-7-4-3-5-13(14)16-18/h11-12,15,18H,3-10H2,1-2H3,(H2,14,16). The topological polar surface area (TPSA) is 73.9 Å². The van der Waals surface area contributed by atoms with Gasteiger partial charge in [0, 0.05) is 19.0 Å². The molecule has 0 bridgehead atoms. The molecule has 0 aromatic heterocycles. The third kappa shape index (κ3) is 5.69. The number of nitrogens with zero attached hydrogens (tertiary/aromatic N) is 2. The number of hydrogen-bond acceptors (Lipinski definition) is 4. The van der Waals surface area contributed by atoms with E-state index in [2.05, 4.69) is 29.2 Å². The molecule has 0 aliphatic carbocycles. The molecule has 1 saturated heterocycles. The van der Waals surface area contributed by atoms with Crippen LogP contribution in [0.3, 0.4) is 0 Å². The van der Waals surface area contributed by atoms with Crippen molar-refractivity contribution in [2.24, 2.45) is 16.8 Å². The normalized spacial score (nSPS) is 21.9. The molecule has 1 unspecified atom stereocenters. The summed E-state index contributed by atoms with van der Waals surface area (Å²) in [5.74, 6) is 1.13. The zero-order chi connectivity index (χ0) is 13.4. The van der Waals surface area contributed by atoms with Gasteiger partial charge in [0.1, 0.15) is 5.84 Å². The highest BCUT2D eigenvalue weighted by molar-refractivity contribution is 5.79. The van der Waals surface area contributed by atoms with Crippen molar-refractivity contribution in [1.29, 1.82) is 0 Å². The molecule has 1 heterocycles. The van der Waals surface area contributed by atoms with E-state index >= 15 is 0 Å². The fraction of sp³-hybridized carbons (Fsp3) is 0.923. The van der Waals surface area contributed by atoms with Gasteiger partial charge in [0.2, 0.25) is 0 Å². The Labute approximate surface area is 110 Å². The minimum absolute atomic E-state index is 0.332. The first kappa shape index (κ1) is 15.2. The van der Waals surface area contributed by atoms with E-state index in [9.17, 15) is 0 Å². The van der Waals surface area contributed by atoms with Crippen LogP contribution in [0.5, 0.6) is 0 Å². The predicted octanol–water partition coefficient (Wildman–Crippen LogP) is 1.22. The van der Waals surface area contributed by atoms with Crippen LogP contribution >= 0.6 is 0 Å². The van der Waals surface area contributed by atoms with Gasteiger partial charge in [-0.1, -0.05) is 5.16 Å². The number of amidine groups is 1. The van der Waals surface area contributed by atoms with Crippen molar-refractivity contribution in [3.63, 3.8) is 0 Å². The monoisotopic (exact) mass is 256 g/mol. The molecule has 0 aromatic carbocycles. The zero-order valence-corrected chi connectivity index (χ0v) is 11.7. The van der Waals surface area contributed by atoms with Gasteiger partial charge in [0.05, 0.1) is 0 Å². The number of unbranched alkanes of at least 4 members (excludes halogenated alkanes) is 1. The molecule has 1 atom stereocenters. The van der Waals surface area contributed by atoms with Crippen molar-refractivity contribution in [3.05, 3.63) is 0 Å². The molecule has 0 radical (unpaired) electrons. The molecule has 4 N–H and O–H groups in total. The van der Waals surface area contributed by atoms with E-state index in [0.717, 1.165) is 31.8 Å². The van der Waals surface area contributed by atoms with E-state index in [4.69, 9.17) is 10.9 Å². The van der Waals surface area contributed by atoms with Crippen LogP contribution in [0.4, 0.5) is 0 Å². The second kappa shape index (κ2) is 8.32. The first-order valence-electron chi connectivity index (χ1n) is 7.04. The summed E-state index contributed by atoms with van der Waals surface area (Å²) in [5, 5.41) is 14.9. The SMILES string of the molecule is CC(C)N1CCC(CNCCCCC(N)=NO)C1. The molecule has 1 rings (SSSR count). The average Bonchev–Trinajstić information content (AvgIpc) is 2.82. The smallest absolute Gasteiger partial charge is 0.139 e. The number of nitrogens with one attached hydrogen (secondary N) is 1. The molecule has 0 amide bonds. The molecule has 5 nitrogen and oxygen atoms in total. The Kier molecular flexibility index (Phi) is 7.05. The van der Waals surface area contributed by atoms with Gasteiger partial charge in [-0.25, -0.2) is 0 Å². The lowest BCUT2D eigenvalue weighted by Gasteiger charge is -2.20. The quantitative estimate of drug-likeness (QED) is 0.201. The Bertz CT molecular complexity index is 255. The van der Waals surface area contributed by atoms with Gasteiger partial charge in [0.15, 0.2) is 0 Å². The zero-order valence-electron chi connectivity index (χ0n) is 11.7. The van der Waals surface area contributed by atoms with E-state index in [1.54, 1.807) is 0 Å². The van der Waals surface area contributed by atoms with Crippen molar-refractivity contribution in [3.8, 4) is 0 Å². The lowest BCUT2D eigenvalue weighted by molar-refractivity contribution is 0.264. The summed E-state index contributed by atoms with van der Waals surface area (Å²) in [7, 11) is 0. The van der Waals surface area contributed by atoms with Gasteiger partial charge in [-0.3, -0.25) is 0 Å². The second-order valence-corrected chi connectivity index (χ2v) is 5.50. The summed E-state index contributed by atoms with van der Waals surface area (Å²) < 4.78 is 0. The molecule has 0 spiro atoms. The Balaban J connectivity index is 1.96. The third-order valence-corrected chi connectivity index (χ3v) is 3.65. The van der Waals surface area contributed by atoms with Gasteiger partial charge in [-0.05, 0) is 58.7 Å². The van der Waals surface area contributed by atoms with E-state index in [-0.39, 0.29) is 0 Å². The van der Waals surface area contributed by atoms with Crippen LogP contribution in [0.1, 0.15) is 39.5 Å². The Morgan fingerprint density at radius 1 is 1.50 bits per heavy atom. The Morgan fingerprint density at radius 2 is 2.28 bits per heavy atom. The summed E-state index contributed by atoms with van der Waals surface area (Å²) in [4.78, 5) is 2.55. The average molecular weight is 256 g/mol. The minimum atomic E-state index is 0.332. The van der Waals surface area contributed by atoms with Crippen LogP contribution < -0.4 is 11.1 Å². The number of nitrogens with two attached hydrogens (primary N) is 1. The van der Waals surface area contributed by atoms with Crippen molar-refractivity contribution in [2.75, 3.05) is 26.2 Å². The lowest BCUT2D eigenvalue weighted by atomic mass is 10.1. The molecular weight excluding hydrogens is 228 g/mol. The Hall–Kier alpha value is -0.810.